The topological polar surface area (TPSA) is 27.7 Å². The monoisotopic (exact) mass is 190 g/mol. The van der Waals surface area contributed by atoms with Gasteiger partial charge >= 0.3 is 5.95 Å². The molecule has 0 unspecified atom stereocenters. The maximum absolute atomic E-state index is 5.05. The van der Waals surface area contributed by atoms with Crippen LogP contribution in [0.25, 0.3) is 0 Å². The highest BCUT2D eigenvalue weighted by Crippen LogP contribution is 2.03. The summed E-state index contributed by atoms with van der Waals surface area (Å²) in [7, 11) is 6.32. The summed E-state index contributed by atoms with van der Waals surface area (Å²) in [5.41, 5.74) is 2.04. The smallest absolute Gasteiger partial charge is 0.322 e. The van der Waals surface area contributed by atoms with E-state index in [0.29, 0.717) is 20.4 Å². The maximum Gasteiger partial charge on any atom is 0.322 e. The first-order chi connectivity index (χ1) is 5.29. The molecular weight excluding hydrogens is 176 g/mol. The average Bonchev–Trinajstić information content (AvgIpc) is 2.05. The van der Waals surface area contributed by atoms with Crippen molar-refractivity contribution in [3.05, 3.63) is 11.7 Å². The second-order valence-corrected chi connectivity index (χ2v) is 4.76. The molecule has 0 aromatic heterocycles. The summed E-state index contributed by atoms with van der Waals surface area (Å²) in [6, 6.07) is 0. The number of methoxy groups -OCH3 is 3. The first kappa shape index (κ1) is 10.4. The molecule has 64 valence electrons. The van der Waals surface area contributed by atoms with Crippen molar-refractivity contribution in [2.24, 2.45) is 0 Å². The Labute approximate surface area is 72.0 Å². The summed E-state index contributed by atoms with van der Waals surface area (Å²) in [4.78, 5) is 0. The maximum atomic E-state index is 5.05. The number of ether oxygens (including phenoxy) is 3. The van der Waals surface area contributed by atoms with Crippen LogP contribution in [-0.2, 0) is 14.2 Å². The zero-order valence-electron chi connectivity index (χ0n) is 7.38. The lowest BCUT2D eigenvalue weighted by Crippen LogP contribution is -2.02. The fourth-order valence-corrected chi connectivity index (χ4v) is 2.14. The van der Waals surface area contributed by atoms with Gasteiger partial charge in [-0.05, 0) is 14.3 Å². The van der Waals surface area contributed by atoms with Gasteiger partial charge in [-0.1, -0.05) is 0 Å². The van der Waals surface area contributed by atoms with E-state index >= 15 is 0 Å². The minimum atomic E-state index is 0.390. The lowest BCUT2D eigenvalue weighted by Gasteiger charge is -2.07. The average molecular weight is 190 g/mol. The van der Waals surface area contributed by atoms with E-state index in [1.165, 1.54) is 9.76 Å². The fourth-order valence-electron chi connectivity index (χ4n) is 0.655. The molecule has 0 N–H and O–H groups in total. The lowest BCUT2D eigenvalue weighted by molar-refractivity contribution is 0.0751. The Hall–Kier alpha value is -0.556. The van der Waals surface area contributed by atoms with Gasteiger partial charge in [-0.25, -0.2) is 0 Å². The molecule has 0 aliphatic carbocycles. The van der Waals surface area contributed by atoms with E-state index < -0.39 is 0 Å². The van der Waals surface area contributed by atoms with Crippen LogP contribution in [0.2, 0.25) is 0 Å². The first-order valence-corrected chi connectivity index (χ1v) is 8.57. The van der Waals surface area contributed by atoms with Gasteiger partial charge in [0.1, 0.15) is 0 Å². The molecule has 0 aromatic carbocycles. The van der Waals surface area contributed by atoms with Crippen molar-refractivity contribution >= 4 is 24.1 Å². The lowest BCUT2D eigenvalue weighted by atomic mass is 10.6. The Kier molecular flexibility index (Phi) is 5.86. The summed E-state index contributed by atoms with van der Waals surface area (Å²) in [6.07, 6.45) is 0. The Morgan fingerprint density at radius 1 is 1.18 bits per heavy atom. The molecule has 0 bridgehead atoms. The molecule has 0 amide bonds. The molecule has 0 aliphatic heterocycles. The molecule has 0 rings (SSSR count). The summed E-state index contributed by atoms with van der Waals surface area (Å²) in [5, 5.41) is 0. The van der Waals surface area contributed by atoms with Gasteiger partial charge in [0.25, 0.3) is 0 Å². The number of hydrogen-bond acceptors (Lipinski definition) is 3. The van der Waals surface area contributed by atoms with Crippen molar-refractivity contribution in [2.45, 2.75) is 0 Å². The normalized spacial score (nSPS) is 9.73. The summed E-state index contributed by atoms with van der Waals surface area (Å²) < 4.78 is 14.9. The second kappa shape index (κ2) is 6.17. The SMILES string of the molecule is COC(C=[SiH][SiH3])=C(OC)OC. The van der Waals surface area contributed by atoms with Gasteiger partial charge in [-0.2, -0.15) is 0 Å². The van der Waals surface area contributed by atoms with Crippen LogP contribution in [0.5, 0.6) is 0 Å². The molecule has 0 heterocycles. The highest BCUT2D eigenvalue weighted by Gasteiger charge is 2.02. The Morgan fingerprint density at radius 3 is 2.00 bits per heavy atom. The molecule has 0 saturated heterocycles. The molecule has 0 saturated carbocycles. The molecule has 0 fully saturated rings. The van der Waals surface area contributed by atoms with E-state index in [0.717, 1.165) is 0 Å². The van der Waals surface area contributed by atoms with Crippen LogP contribution in [0.1, 0.15) is 0 Å². The molecular formula is C6H14O3Si2. The van der Waals surface area contributed by atoms with Crippen molar-refractivity contribution in [3.8, 4) is 0 Å². The van der Waals surface area contributed by atoms with Gasteiger partial charge in [0.2, 0.25) is 0 Å². The van der Waals surface area contributed by atoms with Gasteiger partial charge in [0.05, 0.1) is 21.3 Å². The summed E-state index contributed by atoms with van der Waals surface area (Å²) in [5.74, 6) is 1.16. The molecule has 3 nitrogen and oxygen atoms in total. The van der Waals surface area contributed by atoms with Crippen molar-refractivity contribution in [3.63, 3.8) is 0 Å². The van der Waals surface area contributed by atoms with Crippen molar-refractivity contribution in [2.75, 3.05) is 21.3 Å². The molecule has 0 atom stereocenters. The number of allylic oxidation sites excluding steroid dienone is 1. The standard InChI is InChI=1S/C6H14O3Si2/c1-7-5(4-11-10)6(8-2)9-3/h4,11H,1-3,10H3. The predicted molar refractivity (Wildman–Crippen MR) is 51.2 cm³/mol. The first-order valence-electron chi connectivity index (χ1n) is 3.29. The number of hydrogen-bond donors (Lipinski definition) is 0. The predicted octanol–water partition coefficient (Wildman–Crippen LogP) is -1.39. The van der Waals surface area contributed by atoms with Crippen LogP contribution in [0.15, 0.2) is 11.7 Å². The molecule has 11 heavy (non-hydrogen) atoms. The van der Waals surface area contributed by atoms with Crippen LogP contribution in [-0.4, -0.2) is 45.4 Å². The van der Waals surface area contributed by atoms with E-state index in [4.69, 9.17) is 14.2 Å². The summed E-state index contributed by atoms with van der Waals surface area (Å²) in [6.45, 7) is 0. The summed E-state index contributed by atoms with van der Waals surface area (Å²) >= 11 is 0. The van der Waals surface area contributed by atoms with Crippen LogP contribution in [0.3, 0.4) is 0 Å². The highest BCUT2D eigenvalue weighted by molar-refractivity contribution is 6.92. The Morgan fingerprint density at radius 2 is 1.73 bits per heavy atom. The fraction of sp³-hybridized carbons (Fsp3) is 0.500. The van der Waals surface area contributed by atoms with E-state index in [1.54, 1.807) is 21.3 Å². The highest BCUT2D eigenvalue weighted by atomic mass is 29.1. The third-order valence-electron chi connectivity index (χ3n) is 1.11. The van der Waals surface area contributed by atoms with E-state index in [-0.39, 0.29) is 0 Å². The van der Waals surface area contributed by atoms with E-state index in [1.807, 2.05) is 5.67 Å². The largest absolute Gasteiger partial charge is 0.490 e. The number of rotatable bonds is 4. The molecule has 0 aliphatic rings. The minimum absolute atomic E-state index is 0.390. The van der Waals surface area contributed by atoms with E-state index in [9.17, 15) is 0 Å². The minimum Gasteiger partial charge on any atom is -0.490 e. The molecule has 5 heteroatoms. The quantitative estimate of drug-likeness (QED) is 0.404. The van der Waals surface area contributed by atoms with Gasteiger partial charge in [0, 0.05) is 9.76 Å². The van der Waals surface area contributed by atoms with Gasteiger partial charge in [0.15, 0.2) is 5.76 Å². The molecule has 0 radical (unpaired) electrons. The molecule has 0 aromatic rings. The zero-order chi connectivity index (χ0) is 8.69. The van der Waals surface area contributed by atoms with Crippen LogP contribution >= 0.6 is 0 Å². The van der Waals surface area contributed by atoms with Crippen LogP contribution < -0.4 is 0 Å². The Bertz CT molecular complexity index is 159. The van der Waals surface area contributed by atoms with E-state index in [2.05, 4.69) is 0 Å². The third kappa shape index (κ3) is 3.38. The van der Waals surface area contributed by atoms with Crippen LogP contribution in [0, 0.1) is 0 Å². The van der Waals surface area contributed by atoms with Crippen molar-refractivity contribution < 1.29 is 14.2 Å². The third-order valence-corrected chi connectivity index (χ3v) is 2.75. The van der Waals surface area contributed by atoms with Gasteiger partial charge in [-0.15, -0.1) is 0 Å². The molecule has 0 spiro atoms. The van der Waals surface area contributed by atoms with Gasteiger partial charge in [-0.3, -0.25) is 0 Å². The van der Waals surface area contributed by atoms with Gasteiger partial charge < -0.3 is 14.2 Å². The van der Waals surface area contributed by atoms with Crippen molar-refractivity contribution in [1.29, 1.82) is 0 Å². The van der Waals surface area contributed by atoms with Crippen LogP contribution in [0.4, 0.5) is 0 Å². The second-order valence-electron chi connectivity index (χ2n) is 1.76. The zero-order valence-corrected chi connectivity index (χ0v) is 10.5. The van der Waals surface area contributed by atoms with Crippen molar-refractivity contribution in [1.82, 2.24) is 0 Å². The Balaban J connectivity index is 4.47.